The van der Waals surface area contributed by atoms with Gasteiger partial charge < -0.3 is 15.0 Å². The third kappa shape index (κ3) is 5.19. The normalized spacial score (nSPS) is 21.0. The molecule has 5 nitrogen and oxygen atoms in total. The lowest BCUT2D eigenvalue weighted by molar-refractivity contribution is -0.144. The van der Waals surface area contributed by atoms with E-state index in [4.69, 9.17) is 4.74 Å². The maximum atomic E-state index is 12.2. The number of esters is 1. The Bertz CT molecular complexity index is 307. The molecule has 0 aliphatic carbocycles. The molecule has 1 amide bonds. The fourth-order valence-corrected chi connectivity index (χ4v) is 2.32. The molecule has 2 unspecified atom stereocenters. The van der Waals surface area contributed by atoms with Crippen LogP contribution in [0.25, 0.3) is 0 Å². The van der Waals surface area contributed by atoms with E-state index in [1.165, 1.54) is 7.11 Å². The molecule has 1 heterocycles. The summed E-state index contributed by atoms with van der Waals surface area (Å²) in [6, 6.07) is 0.347. The summed E-state index contributed by atoms with van der Waals surface area (Å²) < 4.78 is 4.70. The highest BCUT2D eigenvalue weighted by Gasteiger charge is 2.28. The second-order valence-corrected chi connectivity index (χ2v) is 5.21. The third-order valence-electron chi connectivity index (χ3n) is 3.79. The maximum absolute atomic E-state index is 12.2. The number of methoxy groups -OCH3 is 1. The number of rotatable bonds is 6. The van der Waals surface area contributed by atoms with Crippen molar-refractivity contribution in [2.45, 2.75) is 58.0 Å². The second kappa shape index (κ2) is 8.15. The minimum Gasteiger partial charge on any atom is -0.469 e. The predicted octanol–water partition coefficient (Wildman–Crippen LogP) is 1.32. The number of hydrogen-bond donors (Lipinski definition) is 1. The molecule has 1 aliphatic heterocycles. The smallest absolute Gasteiger partial charge is 0.307 e. The molecule has 0 aromatic carbocycles. The Morgan fingerprint density at radius 1 is 1.42 bits per heavy atom. The lowest BCUT2D eigenvalue weighted by atomic mass is 9.99. The van der Waals surface area contributed by atoms with E-state index >= 15 is 0 Å². The number of ether oxygens (including phenoxy) is 1. The highest BCUT2D eigenvalue weighted by Crippen LogP contribution is 2.20. The molecule has 0 aromatic rings. The van der Waals surface area contributed by atoms with Gasteiger partial charge in [0.2, 0.25) is 5.91 Å². The SMILES string of the molecule is CCC(C)NCC(=O)N1CCCCC1CC(=O)OC. The van der Waals surface area contributed by atoms with Gasteiger partial charge in [-0.05, 0) is 32.6 Å². The van der Waals surface area contributed by atoms with Gasteiger partial charge in [-0.15, -0.1) is 0 Å². The van der Waals surface area contributed by atoms with Crippen molar-refractivity contribution in [2.24, 2.45) is 0 Å². The van der Waals surface area contributed by atoms with Gasteiger partial charge in [0, 0.05) is 18.6 Å². The van der Waals surface area contributed by atoms with E-state index in [1.54, 1.807) is 0 Å². The first-order chi connectivity index (χ1) is 9.08. The number of piperidine rings is 1. The third-order valence-corrected chi connectivity index (χ3v) is 3.79. The Labute approximate surface area is 115 Å². The summed E-state index contributed by atoms with van der Waals surface area (Å²) in [5, 5.41) is 3.21. The summed E-state index contributed by atoms with van der Waals surface area (Å²) >= 11 is 0. The molecule has 5 heteroatoms. The van der Waals surface area contributed by atoms with Crippen LogP contribution >= 0.6 is 0 Å². The molecule has 1 fully saturated rings. The van der Waals surface area contributed by atoms with Crippen LogP contribution in [-0.4, -0.2) is 49.1 Å². The molecular weight excluding hydrogens is 244 g/mol. The van der Waals surface area contributed by atoms with Crippen LogP contribution in [0, 0.1) is 0 Å². The van der Waals surface area contributed by atoms with Crippen molar-refractivity contribution in [3.8, 4) is 0 Å². The van der Waals surface area contributed by atoms with Gasteiger partial charge in [-0.2, -0.15) is 0 Å². The Hall–Kier alpha value is -1.10. The van der Waals surface area contributed by atoms with Crippen LogP contribution in [0.2, 0.25) is 0 Å². The number of nitrogens with zero attached hydrogens (tertiary/aromatic N) is 1. The van der Waals surface area contributed by atoms with Gasteiger partial charge in [0.25, 0.3) is 0 Å². The monoisotopic (exact) mass is 270 g/mol. The van der Waals surface area contributed by atoms with E-state index in [-0.39, 0.29) is 17.9 Å². The van der Waals surface area contributed by atoms with Gasteiger partial charge in [-0.3, -0.25) is 9.59 Å². The van der Waals surface area contributed by atoms with Crippen molar-refractivity contribution in [1.29, 1.82) is 0 Å². The number of likely N-dealkylation sites (tertiary alicyclic amines) is 1. The summed E-state index contributed by atoms with van der Waals surface area (Å²) in [5.41, 5.74) is 0. The van der Waals surface area contributed by atoms with Gasteiger partial charge >= 0.3 is 5.97 Å². The molecular formula is C14H26N2O3. The lowest BCUT2D eigenvalue weighted by Gasteiger charge is -2.35. The largest absolute Gasteiger partial charge is 0.469 e. The Kier molecular flexibility index (Phi) is 6.84. The average molecular weight is 270 g/mol. The first kappa shape index (κ1) is 16.0. The van der Waals surface area contributed by atoms with Crippen molar-refractivity contribution in [2.75, 3.05) is 20.2 Å². The summed E-state index contributed by atoms with van der Waals surface area (Å²) in [6.07, 6.45) is 4.30. The summed E-state index contributed by atoms with van der Waals surface area (Å²) in [4.78, 5) is 25.4. The van der Waals surface area contributed by atoms with Gasteiger partial charge in [-0.25, -0.2) is 0 Å². The molecule has 2 atom stereocenters. The lowest BCUT2D eigenvalue weighted by Crippen LogP contribution is -2.49. The van der Waals surface area contributed by atoms with Crippen molar-refractivity contribution < 1.29 is 14.3 Å². The second-order valence-electron chi connectivity index (χ2n) is 5.21. The number of hydrogen-bond acceptors (Lipinski definition) is 4. The zero-order valence-corrected chi connectivity index (χ0v) is 12.3. The quantitative estimate of drug-likeness (QED) is 0.740. The topological polar surface area (TPSA) is 58.6 Å². The molecule has 1 aliphatic rings. The van der Waals surface area contributed by atoms with E-state index in [2.05, 4.69) is 19.2 Å². The van der Waals surface area contributed by atoms with E-state index in [1.807, 2.05) is 4.90 Å². The van der Waals surface area contributed by atoms with Crippen molar-refractivity contribution in [1.82, 2.24) is 10.2 Å². The van der Waals surface area contributed by atoms with Gasteiger partial charge in [0.1, 0.15) is 0 Å². The number of nitrogens with one attached hydrogen (secondary N) is 1. The molecule has 0 aromatic heterocycles. The van der Waals surface area contributed by atoms with Crippen LogP contribution in [-0.2, 0) is 14.3 Å². The molecule has 1 N–H and O–H groups in total. The van der Waals surface area contributed by atoms with Crippen LogP contribution in [0.1, 0.15) is 46.0 Å². The molecule has 1 rings (SSSR count). The van der Waals surface area contributed by atoms with Gasteiger partial charge in [-0.1, -0.05) is 6.92 Å². The fourth-order valence-electron chi connectivity index (χ4n) is 2.32. The van der Waals surface area contributed by atoms with E-state index in [0.717, 1.165) is 32.2 Å². The highest BCUT2D eigenvalue weighted by atomic mass is 16.5. The van der Waals surface area contributed by atoms with Gasteiger partial charge in [0.15, 0.2) is 0 Å². The Balaban J connectivity index is 2.50. The van der Waals surface area contributed by atoms with Crippen molar-refractivity contribution in [3.63, 3.8) is 0 Å². The first-order valence-electron chi connectivity index (χ1n) is 7.18. The predicted molar refractivity (Wildman–Crippen MR) is 73.7 cm³/mol. The average Bonchev–Trinajstić information content (AvgIpc) is 2.44. The first-order valence-corrected chi connectivity index (χ1v) is 7.18. The van der Waals surface area contributed by atoms with Crippen molar-refractivity contribution in [3.05, 3.63) is 0 Å². The van der Waals surface area contributed by atoms with E-state index in [0.29, 0.717) is 19.0 Å². The number of carbonyl (C=O) groups excluding carboxylic acids is 2. The van der Waals surface area contributed by atoms with Gasteiger partial charge in [0.05, 0.1) is 20.1 Å². The Morgan fingerprint density at radius 2 is 2.16 bits per heavy atom. The number of carbonyl (C=O) groups is 2. The highest BCUT2D eigenvalue weighted by molar-refractivity contribution is 5.79. The zero-order chi connectivity index (χ0) is 14.3. The molecule has 1 saturated heterocycles. The molecule has 0 bridgehead atoms. The molecule has 0 saturated carbocycles. The van der Waals surface area contributed by atoms with Crippen LogP contribution in [0.5, 0.6) is 0 Å². The van der Waals surface area contributed by atoms with Crippen LogP contribution < -0.4 is 5.32 Å². The maximum Gasteiger partial charge on any atom is 0.307 e. The molecule has 19 heavy (non-hydrogen) atoms. The minimum absolute atomic E-state index is 0.00688. The number of amides is 1. The van der Waals surface area contributed by atoms with Crippen LogP contribution in [0.3, 0.4) is 0 Å². The zero-order valence-electron chi connectivity index (χ0n) is 12.3. The van der Waals surface area contributed by atoms with E-state index < -0.39 is 0 Å². The summed E-state index contributed by atoms with van der Waals surface area (Å²) in [6.45, 7) is 5.26. The standard InChI is InChI=1S/C14H26N2O3/c1-4-11(2)15-10-13(17)16-8-6-5-7-12(16)9-14(18)19-3/h11-12,15H,4-10H2,1-3H3. The molecule has 110 valence electrons. The Morgan fingerprint density at radius 3 is 2.79 bits per heavy atom. The van der Waals surface area contributed by atoms with E-state index in [9.17, 15) is 9.59 Å². The summed E-state index contributed by atoms with van der Waals surface area (Å²) in [5.74, 6) is -0.145. The molecule has 0 spiro atoms. The fraction of sp³-hybridized carbons (Fsp3) is 0.857. The van der Waals surface area contributed by atoms with Crippen LogP contribution in [0.4, 0.5) is 0 Å². The minimum atomic E-state index is -0.236. The van der Waals surface area contributed by atoms with Crippen LogP contribution in [0.15, 0.2) is 0 Å². The van der Waals surface area contributed by atoms with Crippen molar-refractivity contribution >= 4 is 11.9 Å². The molecule has 0 radical (unpaired) electrons. The summed E-state index contributed by atoms with van der Waals surface area (Å²) in [7, 11) is 1.39.